The van der Waals surface area contributed by atoms with E-state index in [0.717, 1.165) is 37.3 Å². The number of nitrogens with zero attached hydrogens (tertiary/aromatic N) is 1. The van der Waals surface area contributed by atoms with Crippen molar-refractivity contribution in [2.75, 3.05) is 43.6 Å². The Hall–Kier alpha value is -1.79. The van der Waals surface area contributed by atoms with Gasteiger partial charge >= 0.3 is 5.97 Å². The predicted octanol–water partition coefficient (Wildman–Crippen LogP) is 1.23. The van der Waals surface area contributed by atoms with E-state index < -0.39 is 6.10 Å². The second kappa shape index (κ2) is 8.00. The monoisotopic (exact) mass is 308 g/mol. The summed E-state index contributed by atoms with van der Waals surface area (Å²) in [5.74, 6) is -0.361. The molecule has 6 heteroatoms. The fourth-order valence-electron chi connectivity index (χ4n) is 2.61. The number of hydrogen-bond acceptors (Lipinski definition) is 6. The fourth-order valence-corrected chi connectivity index (χ4v) is 2.61. The number of nitrogens with one attached hydrogen (secondary N) is 1. The molecule has 22 heavy (non-hydrogen) atoms. The van der Waals surface area contributed by atoms with Crippen molar-refractivity contribution in [3.63, 3.8) is 0 Å². The number of aliphatic hydroxyl groups excluding tert-OH is 2. The van der Waals surface area contributed by atoms with E-state index >= 15 is 0 Å². The minimum atomic E-state index is -0.811. The summed E-state index contributed by atoms with van der Waals surface area (Å²) in [7, 11) is 1.37. The number of carbonyl (C=O) groups is 1. The lowest BCUT2D eigenvalue weighted by Crippen LogP contribution is -2.31. The third-order valence-electron chi connectivity index (χ3n) is 3.85. The van der Waals surface area contributed by atoms with Crippen LogP contribution in [0.4, 0.5) is 11.4 Å². The Morgan fingerprint density at radius 2 is 2.09 bits per heavy atom. The Balaban J connectivity index is 2.24. The largest absolute Gasteiger partial charge is 0.465 e. The molecule has 0 amide bonds. The number of methoxy groups -OCH3 is 1. The molecule has 1 heterocycles. The average Bonchev–Trinajstić information content (AvgIpc) is 2.59. The Labute approximate surface area is 130 Å². The zero-order valence-electron chi connectivity index (χ0n) is 12.9. The standard InChI is InChI=1S/C16H24N2O4/c1-22-16(21)12-5-6-14(17-10-13(20)11-19)15(9-12)18-7-3-2-4-8-18/h5-6,9,13,17,19-20H,2-4,7-8,10-11H2,1H3. The molecule has 0 aromatic heterocycles. The summed E-state index contributed by atoms with van der Waals surface area (Å²) in [5.41, 5.74) is 2.30. The maximum atomic E-state index is 11.7. The summed E-state index contributed by atoms with van der Waals surface area (Å²) in [6.45, 7) is 1.87. The van der Waals surface area contributed by atoms with Crippen molar-refractivity contribution in [3.05, 3.63) is 23.8 Å². The summed E-state index contributed by atoms with van der Waals surface area (Å²) in [5, 5.41) is 21.6. The minimum absolute atomic E-state index is 0.259. The Kier molecular flexibility index (Phi) is 6.03. The number of hydrogen-bond donors (Lipinski definition) is 3. The van der Waals surface area contributed by atoms with Crippen LogP contribution in [0.1, 0.15) is 29.6 Å². The van der Waals surface area contributed by atoms with Crippen LogP contribution in [0.2, 0.25) is 0 Å². The van der Waals surface area contributed by atoms with Crippen LogP contribution in [0, 0.1) is 0 Å². The molecule has 122 valence electrons. The minimum Gasteiger partial charge on any atom is -0.465 e. The zero-order chi connectivity index (χ0) is 15.9. The summed E-state index contributed by atoms with van der Waals surface area (Å²) in [4.78, 5) is 14.0. The van der Waals surface area contributed by atoms with Gasteiger partial charge in [0.05, 0.1) is 36.8 Å². The van der Waals surface area contributed by atoms with Crippen LogP contribution < -0.4 is 10.2 Å². The normalized spacial score (nSPS) is 16.2. The van der Waals surface area contributed by atoms with Gasteiger partial charge in [-0.15, -0.1) is 0 Å². The van der Waals surface area contributed by atoms with Gasteiger partial charge in [-0.25, -0.2) is 4.79 Å². The number of anilines is 2. The first-order chi connectivity index (χ1) is 10.7. The highest BCUT2D eigenvalue weighted by Crippen LogP contribution is 2.30. The number of ether oxygens (including phenoxy) is 1. The maximum absolute atomic E-state index is 11.7. The molecule has 1 saturated heterocycles. The second-order valence-corrected chi connectivity index (χ2v) is 5.49. The first kappa shape index (κ1) is 16.6. The molecule has 3 N–H and O–H groups in total. The lowest BCUT2D eigenvalue weighted by atomic mass is 10.1. The van der Waals surface area contributed by atoms with Gasteiger partial charge in [0.25, 0.3) is 0 Å². The molecule has 1 aliphatic rings. The van der Waals surface area contributed by atoms with Crippen LogP contribution in [0.15, 0.2) is 18.2 Å². The lowest BCUT2D eigenvalue weighted by molar-refractivity contribution is 0.0601. The van der Waals surface area contributed by atoms with Crippen molar-refractivity contribution in [3.8, 4) is 0 Å². The van der Waals surface area contributed by atoms with Crippen molar-refractivity contribution in [1.82, 2.24) is 0 Å². The third-order valence-corrected chi connectivity index (χ3v) is 3.85. The van der Waals surface area contributed by atoms with Crippen LogP contribution in [0.3, 0.4) is 0 Å². The SMILES string of the molecule is COC(=O)c1ccc(NCC(O)CO)c(N2CCCCC2)c1. The van der Waals surface area contributed by atoms with Gasteiger partial charge in [0.2, 0.25) is 0 Å². The van der Waals surface area contributed by atoms with Gasteiger partial charge in [-0.3, -0.25) is 0 Å². The van der Waals surface area contributed by atoms with Gasteiger partial charge in [0.15, 0.2) is 0 Å². The van der Waals surface area contributed by atoms with Crippen LogP contribution in [-0.2, 0) is 4.74 Å². The smallest absolute Gasteiger partial charge is 0.337 e. The lowest BCUT2D eigenvalue weighted by Gasteiger charge is -2.31. The second-order valence-electron chi connectivity index (χ2n) is 5.49. The molecule has 0 aliphatic carbocycles. The van der Waals surface area contributed by atoms with Gasteiger partial charge in [-0.2, -0.15) is 0 Å². The number of esters is 1. The highest BCUT2D eigenvalue weighted by atomic mass is 16.5. The van der Waals surface area contributed by atoms with Crippen molar-refractivity contribution in [2.45, 2.75) is 25.4 Å². The number of aliphatic hydroxyl groups is 2. The summed E-state index contributed by atoms with van der Waals surface area (Å²) in [6, 6.07) is 5.35. The van der Waals surface area contributed by atoms with Crippen molar-refractivity contribution in [2.24, 2.45) is 0 Å². The predicted molar refractivity (Wildman–Crippen MR) is 85.4 cm³/mol. The van der Waals surface area contributed by atoms with E-state index in [0.29, 0.717) is 5.56 Å². The van der Waals surface area contributed by atoms with Crippen molar-refractivity contribution >= 4 is 17.3 Å². The molecule has 1 fully saturated rings. The van der Waals surface area contributed by atoms with Crippen LogP contribution in [-0.4, -0.2) is 55.6 Å². The average molecular weight is 308 g/mol. The van der Waals surface area contributed by atoms with E-state index in [1.54, 1.807) is 6.07 Å². The first-order valence-corrected chi connectivity index (χ1v) is 7.66. The number of piperidine rings is 1. The summed E-state index contributed by atoms with van der Waals surface area (Å²) < 4.78 is 4.78. The van der Waals surface area contributed by atoms with E-state index in [4.69, 9.17) is 9.84 Å². The summed E-state index contributed by atoms with van der Waals surface area (Å²) in [6.07, 6.45) is 2.66. The van der Waals surface area contributed by atoms with Gasteiger partial charge < -0.3 is 25.2 Å². The number of benzene rings is 1. The Morgan fingerprint density at radius 1 is 1.36 bits per heavy atom. The topological polar surface area (TPSA) is 82.0 Å². The third kappa shape index (κ3) is 4.11. The van der Waals surface area contributed by atoms with Crippen LogP contribution >= 0.6 is 0 Å². The highest BCUT2D eigenvalue weighted by Gasteiger charge is 2.17. The molecule has 2 rings (SSSR count). The van der Waals surface area contributed by atoms with E-state index in [1.165, 1.54) is 13.5 Å². The molecule has 0 radical (unpaired) electrons. The molecule has 0 saturated carbocycles. The maximum Gasteiger partial charge on any atom is 0.337 e. The van der Waals surface area contributed by atoms with Crippen molar-refractivity contribution < 1.29 is 19.7 Å². The number of rotatable bonds is 6. The van der Waals surface area contributed by atoms with E-state index in [-0.39, 0.29) is 19.1 Å². The molecule has 6 nitrogen and oxygen atoms in total. The molecular formula is C16H24N2O4. The molecule has 1 atom stereocenters. The Bertz CT molecular complexity index is 501. The van der Waals surface area contributed by atoms with Crippen LogP contribution in [0.25, 0.3) is 0 Å². The van der Waals surface area contributed by atoms with Gasteiger partial charge in [0, 0.05) is 19.6 Å². The quantitative estimate of drug-likeness (QED) is 0.686. The van der Waals surface area contributed by atoms with Gasteiger partial charge in [-0.1, -0.05) is 0 Å². The molecule has 0 spiro atoms. The molecule has 1 aromatic rings. The zero-order valence-corrected chi connectivity index (χ0v) is 12.9. The number of carbonyl (C=O) groups excluding carboxylic acids is 1. The summed E-state index contributed by atoms with van der Waals surface area (Å²) >= 11 is 0. The van der Waals surface area contributed by atoms with Crippen molar-refractivity contribution in [1.29, 1.82) is 0 Å². The molecular weight excluding hydrogens is 284 g/mol. The first-order valence-electron chi connectivity index (χ1n) is 7.66. The molecule has 1 unspecified atom stereocenters. The van der Waals surface area contributed by atoms with E-state index in [2.05, 4.69) is 10.2 Å². The highest BCUT2D eigenvalue weighted by molar-refractivity contribution is 5.92. The molecule has 0 bridgehead atoms. The Morgan fingerprint density at radius 3 is 2.73 bits per heavy atom. The van der Waals surface area contributed by atoms with Gasteiger partial charge in [0.1, 0.15) is 0 Å². The van der Waals surface area contributed by atoms with E-state index in [1.807, 2.05) is 12.1 Å². The van der Waals surface area contributed by atoms with Gasteiger partial charge in [-0.05, 0) is 37.5 Å². The van der Waals surface area contributed by atoms with E-state index in [9.17, 15) is 9.90 Å². The molecule has 1 aliphatic heterocycles. The fraction of sp³-hybridized carbons (Fsp3) is 0.562. The molecule has 1 aromatic carbocycles. The van der Waals surface area contributed by atoms with Crippen LogP contribution in [0.5, 0.6) is 0 Å².